The fraction of sp³-hybridized carbons (Fsp3) is 0.385. The predicted octanol–water partition coefficient (Wildman–Crippen LogP) is 2.45. The summed E-state index contributed by atoms with van der Waals surface area (Å²) in [4.78, 5) is 24.6. The summed E-state index contributed by atoms with van der Waals surface area (Å²) in [6.07, 6.45) is 1.18. The molecule has 0 aromatic heterocycles. The summed E-state index contributed by atoms with van der Waals surface area (Å²) < 4.78 is 0.963. The van der Waals surface area contributed by atoms with E-state index in [1.54, 1.807) is 4.90 Å². The molecular formula is C13H14BrNO3. The van der Waals surface area contributed by atoms with E-state index in [1.807, 2.05) is 25.1 Å². The van der Waals surface area contributed by atoms with Crippen LogP contribution in [0.2, 0.25) is 0 Å². The first kappa shape index (κ1) is 13.1. The zero-order chi connectivity index (χ0) is 13.3. The standard InChI is InChI=1S/C13H14BrNO3/c1-2-8-7-9(14)3-4-11(8)15-6-5-10(12(15)16)13(17)18/h3-4,7,10H,2,5-6H2,1H3,(H,17,18). The van der Waals surface area contributed by atoms with Crippen molar-refractivity contribution in [3.8, 4) is 0 Å². The second kappa shape index (κ2) is 5.10. The van der Waals surface area contributed by atoms with E-state index in [0.717, 1.165) is 22.1 Å². The third-order valence-corrected chi connectivity index (χ3v) is 3.71. The summed E-state index contributed by atoms with van der Waals surface area (Å²) in [5.74, 6) is -2.23. The summed E-state index contributed by atoms with van der Waals surface area (Å²) in [6, 6.07) is 5.71. The number of carbonyl (C=O) groups excluding carboxylic acids is 1. The Bertz CT molecular complexity index is 501. The van der Waals surface area contributed by atoms with Crippen molar-refractivity contribution < 1.29 is 14.7 Å². The average Bonchev–Trinajstić information content (AvgIpc) is 2.71. The van der Waals surface area contributed by atoms with E-state index in [2.05, 4.69) is 15.9 Å². The lowest BCUT2D eigenvalue weighted by Gasteiger charge is -2.19. The van der Waals surface area contributed by atoms with Gasteiger partial charge >= 0.3 is 5.97 Å². The Morgan fingerprint density at radius 2 is 2.28 bits per heavy atom. The van der Waals surface area contributed by atoms with Gasteiger partial charge in [0.1, 0.15) is 5.92 Å². The van der Waals surface area contributed by atoms with Gasteiger partial charge in [-0.3, -0.25) is 9.59 Å². The van der Waals surface area contributed by atoms with Gasteiger partial charge in [-0.1, -0.05) is 22.9 Å². The fourth-order valence-corrected chi connectivity index (χ4v) is 2.66. The highest BCUT2D eigenvalue weighted by Gasteiger charge is 2.38. The van der Waals surface area contributed by atoms with Crippen molar-refractivity contribution in [1.82, 2.24) is 0 Å². The van der Waals surface area contributed by atoms with Gasteiger partial charge in [0.05, 0.1) is 0 Å². The van der Waals surface area contributed by atoms with Crippen molar-refractivity contribution in [2.75, 3.05) is 11.4 Å². The zero-order valence-corrected chi connectivity index (χ0v) is 11.6. The Labute approximate surface area is 114 Å². The smallest absolute Gasteiger partial charge is 0.316 e. The van der Waals surface area contributed by atoms with Crippen LogP contribution in [0.25, 0.3) is 0 Å². The van der Waals surface area contributed by atoms with Gasteiger partial charge in [-0.15, -0.1) is 0 Å². The molecule has 18 heavy (non-hydrogen) atoms. The molecule has 1 aliphatic rings. The third-order valence-electron chi connectivity index (χ3n) is 3.22. The number of nitrogens with zero attached hydrogens (tertiary/aromatic N) is 1. The third kappa shape index (κ3) is 2.27. The highest BCUT2D eigenvalue weighted by molar-refractivity contribution is 9.10. The summed E-state index contributed by atoms with van der Waals surface area (Å²) in [5.41, 5.74) is 1.87. The summed E-state index contributed by atoms with van der Waals surface area (Å²) in [6.45, 7) is 2.49. The van der Waals surface area contributed by atoms with Crippen LogP contribution in [0, 0.1) is 5.92 Å². The molecule has 1 N–H and O–H groups in total. The van der Waals surface area contributed by atoms with Gasteiger partial charge in [0.25, 0.3) is 0 Å². The molecule has 1 aromatic rings. The number of anilines is 1. The minimum atomic E-state index is -1.03. The molecule has 1 aliphatic heterocycles. The van der Waals surface area contributed by atoms with Crippen LogP contribution in [0.3, 0.4) is 0 Å². The lowest BCUT2D eigenvalue weighted by Crippen LogP contribution is -2.30. The highest BCUT2D eigenvalue weighted by Crippen LogP contribution is 2.30. The second-order valence-electron chi connectivity index (χ2n) is 4.30. The van der Waals surface area contributed by atoms with E-state index in [1.165, 1.54) is 0 Å². The van der Waals surface area contributed by atoms with E-state index in [-0.39, 0.29) is 5.91 Å². The molecule has 1 saturated heterocycles. The summed E-state index contributed by atoms with van der Waals surface area (Å²) in [5, 5.41) is 8.96. The van der Waals surface area contributed by atoms with Crippen LogP contribution in [0.15, 0.2) is 22.7 Å². The molecule has 0 bridgehead atoms. The highest BCUT2D eigenvalue weighted by atomic mass is 79.9. The first-order valence-electron chi connectivity index (χ1n) is 5.87. The van der Waals surface area contributed by atoms with Crippen LogP contribution in [-0.4, -0.2) is 23.5 Å². The molecule has 1 atom stereocenters. The van der Waals surface area contributed by atoms with Gasteiger partial charge in [0, 0.05) is 16.7 Å². The maximum atomic E-state index is 12.0. The number of amides is 1. The van der Waals surface area contributed by atoms with Crippen molar-refractivity contribution in [1.29, 1.82) is 0 Å². The van der Waals surface area contributed by atoms with Gasteiger partial charge in [0.15, 0.2) is 0 Å². The number of carboxylic acid groups (broad SMARTS) is 1. The van der Waals surface area contributed by atoms with E-state index in [9.17, 15) is 9.59 Å². The minimum absolute atomic E-state index is 0.306. The monoisotopic (exact) mass is 311 g/mol. The van der Waals surface area contributed by atoms with Crippen molar-refractivity contribution in [3.63, 3.8) is 0 Å². The molecule has 96 valence electrons. The Hall–Kier alpha value is -1.36. The molecule has 1 heterocycles. The lowest BCUT2D eigenvalue weighted by atomic mass is 10.1. The maximum absolute atomic E-state index is 12.0. The Morgan fingerprint density at radius 1 is 1.56 bits per heavy atom. The zero-order valence-electron chi connectivity index (χ0n) is 10.0. The molecule has 1 unspecified atom stereocenters. The van der Waals surface area contributed by atoms with Crippen LogP contribution < -0.4 is 4.90 Å². The number of aryl methyl sites for hydroxylation is 1. The molecule has 4 nitrogen and oxygen atoms in total. The molecule has 0 radical (unpaired) electrons. The molecular weight excluding hydrogens is 298 g/mol. The number of carbonyl (C=O) groups is 2. The number of hydrogen-bond acceptors (Lipinski definition) is 2. The predicted molar refractivity (Wildman–Crippen MR) is 71.6 cm³/mol. The Morgan fingerprint density at radius 3 is 2.83 bits per heavy atom. The molecule has 2 rings (SSSR count). The fourth-order valence-electron chi connectivity index (χ4n) is 2.25. The number of carboxylic acids is 1. The van der Waals surface area contributed by atoms with E-state index < -0.39 is 11.9 Å². The van der Waals surface area contributed by atoms with E-state index in [4.69, 9.17) is 5.11 Å². The SMILES string of the molecule is CCc1cc(Br)ccc1N1CCC(C(=O)O)C1=O. The Balaban J connectivity index is 2.33. The number of halogens is 1. The van der Waals surface area contributed by atoms with Gasteiger partial charge in [-0.2, -0.15) is 0 Å². The first-order chi connectivity index (χ1) is 8.54. The number of aliphatic carboxylic acids is 1. The number of rotatable bonds is 3. The van der Waals surface area contributed by atoms with Crippen molar-refractivity contribution in [2.24, 2.45) is 5.92 Å². The molecule has 1 fully saturated rings. The van der Waals surface area contributed by atoms with Crippen molar-refractivity contribution in [3.05, 3.63) is 28.2 Å². The van der Waals surface area contributed by atoms with Crippen molar-refractivity contribution >= 4 is 33.5 Å². The largest absolute Gasteiger partial charge is 0.481 e. The van der Waals surface area contributed by atoms with E-state index in [0.29, 0.717) is 13.0 Å². The Kier molecular flexibility index (Phi) is 3.71. The minimum Gasteiger partial charge on any atom is -0.481 e. The van der Waals surface area contributed by atoms with Crippen LogP contribution in [-0.2, 0) is 16.0 Å². The van der Waals surface area contributed by atoms with Gasteiger partial charge in [-0.05, 0) is 36.6 Å². The van der Waals surface area contributed by atoms with E-state index >= 15 is 0 Å². The van der Waals surface area contributed by atoms with Crippen LogP contribution in [0.4, 0.5) is 5.69 Å². The van der Waals surface area contributed by atoms with Crippen LogP contribution >= 0.6 is 15.9 Å². The molecule has 0 spiro atoms. The summed E-state index contributed by atoms with van der Waals surface area (Å²) >= 11 is 3.40. The van der Waals surface area contributed by atoms with Gasteiger partial charge < -0.3 is 10.0 Å². The molecule has 1 aromatic carbocycles. The topological polar surface area (TPSA) is 57.6 Å². The number of benzene rings is 1. The number of hydrogen-bond donors (Lipinski definition) is 1. The molecule has 5 heteroatoms. The van der Waals surface area contributed by atoms with Gasteiger partial charge in [0.2, 0.25) is 5.91 Å². The average molecular weight is 312 g/mol. The van der Waals surface area contributed by atoms with Gasteiger partial charge in [-0.25, -0.2) is 0 Å². The van der Waals surface area contributed by atoms with Crippen molar-refractivity contribution in [2.45, 2.75) is 19.8 Å². The normalized spacial score (nSPS) is 19.3. The van der Waals surface area contributed by atoms with Crippen LogP contribution in [0.1, 0.15) is 18.9 Å². The first-order valence-corrected chi connectivity index (χ1v) is 6.66. The molecule has 1 amide bonds. The quantitative estimate of drug-likeness (QED) is 0.872. The molecule has 0 aliphatic carbocycles. The second-order valence-corrected chi connectivity index (χ2v) is 5.21. The van der Waals surface area contributed by atoms with Crippen LogP contribution in [0.5, 0.6) is 0 Å². The maximum Gasteiger partial charge on any atom is 0.316 e. The molecule has 0 saturated carbocycles. The lowest BCUT2D eigenvalue weighted by molar-refractivity contribution is -0.144. The summed E-state index contributed by atoms with van der Waals surface area (Å²) in [7, 11) is 0.